The normalized spacial score (nSPS) is 13.5. The minimum atomic E-state index is -0.514. The first-order valence-electron chi connectivity index (χ1n) is 6.17. The lowest BCUT2D eigenvalue weighted by Gasteiger charge is -2.20. The molecule has 0 aromatic heterocycles. The molecule has 0 heterocycles. The molecule has 0 bridgehead atoms. The van der Waals surface area contributed by atoms with Gasteiger partial charge in [0.25, 0.3) is 0 Å². The van der Waals surface area contributed by atoms with Crippen LogP contribution >= 0.6 is 0 Å². The van der Waals surface area contributed by atoms with Crippen molar-refractivity contribution in [3.8, 4) is 0 Å². The van der Waals surface area contributed by atoms with Crippen LogP contribution < -0.4 is 10.6 Å². The first-order valence-corrected chi connectivity index (χ1v) is 6.17. The van der Waals surface area contributed by atoms with Gasteiger partial charge in [-0.25, -0.2) is 0 Å². The fourth-order valence-corrected chi connectivity index (χ4v) is 1.77. The lowest BCUT2D eigenvalue weighted by atomic mass is 10.0. The molecule has 0 spiro atoms. The Morgan fingerprint density at radius 1 is 1.17 bits per heavy atom. The number of rotatable bonds is 5. The Morgan fingerprint density at radius 3 is 2.28 bits per heavy atom. The molecule has 0 saturated carbocycles. The van der Waals surface area contributed by atoms with Crippen LogP contribution in [0.5, 0.6) is 0 Å². The number of carbonyl (C=O) groups excluding carboxylic acids is 2. The molecule has 0 radical (unpaired) electrons. The van der Waals surface area contributed by atoms with Gasteiger partial charge in [-0.1, -0.05) is 37.3 Å². The van der Waals surface area contributed by atoms with Crippen LogP contribution in [0.1, 0.15) is 38.8 Å². The van der Waals surface area contributed by atoms with Gasteiger partial charge in [0, 0.05) is 6.92 Å². The highest BCUT2D eigenvalue weighted by atomic mass is 16.2. The molecular weight excluding hydrogens is 228 g/mol. The van der Waals surface area contributed by atoms with Gasteiger partial charge in [-0.05, 0) is 18.9 Å². The average molecular weight is 248 g/mol. The van der Waals surface area contributed by atoms with Crippen molar-refractivity contribution in [3.05, 3.63) is 35.9 Å². The van der Waals surface area contributed by atoms with Crippen LogP contribution in [0.3, 0.4) is 0 Å². The summed E-state index contributed by atoms with van der Waals surface area (Å²) in [5.41, 5.74) is 1.07. The van der Waals surface area contributed by atoms with Gasteiger partial charge in [0.2, 0.25) is 11.8 Å². The van der Waals surface area contributed by atoms with E-state index in [9.17, 15) is 9.59 Å². The maximum absolute atomic E-state index is 11.9. The molecule has 2 amide bonds. The summed E-state index contributed by atoms with van der Waals surface area (Å²) < 4.78 is 0. The molecule has 0 saturated heterocycles. The molecule has 1 rings (SSSR count). The molecule has 0 fully saturated rings. The molecule has 2 unspecified atom stereocenters. The van der Waals surface area contributed by atoms with E-state index in [1.807, 2.05) is 37.3 Å². The van der Waals surface area contributed by atoms with Gasteiger partial charge in [-0.15, -0.1) is 0 Å². The number of amides is 2. The Hall–Kier alpha value is -1.84. The van der Waals surface area contributed by atoms with Gasteiger partial charge in [-0.3, -0.25) is 9.59 Å². The zero-order chi connectivity index (χ0) is 13.5. The fraction of sp³-hybridized carbons (Fsp3) is 0.429. The molecule has 98 valence electrons. The third-order valence-electron chi connectivity index (χ3n) is 2.74. The van der Waals surface area contributed by atoms with Gasteiger partial charge in [0.05, 0.1) is 6.04 Å². The maximum Gasteiger partial charge on any atom is 0.242 e. The van der Waals surface area contributed by atoms with Crippen LogP contribution in [0.2, 0.25) is 0 Å². The van der Waals surface area contributed by atoms with Crippen LogP contribution in [0.25, 0.3) is 0 Å². The van der Waals surface area contributed by atoms with Crippen molar-refractivity contribution in [1.82, 2.24) is 10.6 Å². The Kier molecular flexibility index (Phi) is 5.36. The molecule has 0 aliphatic heterocycles. The highest BCUT2D eigenvalue weighted by molar-refractivity contribution is 5.86. The second-order valence-electron chi connectivity index (χ2n) is 4.30. The van der Waals surface area contributed by atoms with E-state index in [-0.39, 0.29) is 17.9 Å². The lowest BCUT2D eigenvalue weighted by Crippen LogP contribution is -2.45. The van der Waals surface area contributed by atoms with E-state index in [4.69, 9.17) is 0 Å². The van der Waals surface area contributed by atoms with Crippen molar-refractivity contribution in [2.45, 2.75) is 39.3 Å². The monoisotopic (exact) mass is 248 g/mol. The SMILES string of the molecule is CCC(NC(=O)C(C)NC(C)=O)c1ccccc1. The van der Waals surface area contributed by atoms with E-state index in [1.54, 1.807) is 6.92 Å². The van der Waals surface area contributed by atoms with Gasteiger partial charge in [-0.2, -0.15) is 0 Å². The highest BCUT2D eigenvalue weighted by Crippen LogP contribution is 2.15. The van der Waals surface area contributed by atoms with Crippen molar-refractivity contribution < 1.29 is 9.59 Å². The summed E-state index contributed by atoms with van der Waals surface area (Å²) in [5.74, 6) is -0.369. The summed E-state index contributed by atoms with van der Waals surface area (Å²) in [6.45, 7) is 5.09. The van der Waals surface area contributed by atoms with Crippen molar-refractivity contribution in [2.24, 2.45) is 0 Å². The fourth-order valence-electron chi connectivity index (χ4n) is 1.77. The van der Waals surface area contributed by atoms with Gasteiger partial charge in [0.1, 0.15) is 6.04 Å². The zero-order valence-electron chi connectivity index (χ0n) is 11.1. The van der Waals surface area contributed by atoms with E-state index >= 15 is 0 Å². The van der Waals surface area contributed by atoms with Crippen LogP contribution in [0.4, 0.5) is 0 Å². The lowest BCUT2D eigenvalue weighted by molar-refractivity contribution is -0.128. The van der Waals surface area contributed by atoms with Crippen LogP contribution in [-0.2, 0) is 9.59 Å². The third-order valence-corrected chi connectivity index (χ3v) is 2.74. The topological polar surface area (TPSA) is 58.2 Å². The number of carbonyl (C=O) groups is 2. The summed E-state index contributed by atoms with van der Waals surface area (Å²) in [6.07, 6.45) is 0.808. The van der Waals surface area contributed by atoms with Gasteiger partial charge < -0.3 is 10.6 Å². The highest BCUT2D eigenvalue weighted by Gasteiger charge is 2.18. The van der Waals surface area contributed by atoms with Gasteiger partial charge >= 0.3 is 0 Å². The smallest absolute Gasteiger partial charge is 0.242 e. The minimum absolute atomic E-state index is 0.0186. The zero-order valence-corrected chi connectivity index (χ0v) is 11.1. The Labute approximate surface area is 108 Å². The summed E-state index contributed by atoms with van der Waals surface area (Å²) in [5, 5.41) is 5.51. The first kappa shape index (κ1) is 14.2. The number of nitrogens with one attached hydrogen (secondary N) is 2. The molecule has 4 nitrogen and oxygen atoms in total. The second-order valence-corrected chi connectivity index (χ2v) is 4.30. The number of benzene rings is 1. The molecule has 18 heavy (non-hydrogen) atoms. The average Bonchev–Trinajstić information content (AvgIpc) is 2.35. The predicted molar refractivity (Wildman–Crippen MR) is 70.9 cm³/mol. The number of hydrogen-bond donors (Lipinski definition) is 2. The van der Waals surface area contributed by atoms with Crippen molar-refractivity contribution in [1.29, 1.82) is 0 Å². The van der Waals surface area contributed by atoms with Crippen molar-refractivity contribution >= 4 is 11.8 Å². The quantitative estimate of drug-likeness (QED) is 0.834. The Bertz CT molecular complexity index is 404. The largest absolute Gasteiger partial charge is 0.348 e. The molecule has 1 aromatic rings. The number of hydrogen-bond acceptors (Lipinski definition) is 2. The van der Waals surface area contributed by atoms with E-state index in [0.717, 1.165) is 12.0 Å². The van der Waals surface area contributed by atoms with E-state index in [0.29, 0.717) is 0 Å². The predicted octanol–water partition coefficient (Wildman–Crippen LogP) is 1.78. The first-order chi connectivity index (χ1) is 8.54. The molecule has 2 N–H and O–H groups in total. The van der Waals surface area contributed by atoms with E-state index in [1.165, 1.54) is 6.92 Å². The second kappa shape index (κ2) is 6.79. The molecule has 4 heteroatoms. The molecule has 1 aromatic carbocycles. The summed E-state index contributed by atoms with van der Waals surface area (Å²) in [6, 6.07) is 9.27. The van der Waals surface area contributed by atoms with Crippen molar-refractivity contribution in [3.63, 3.8) is 0 Å². The van der Waals surface area contributed by atoms with Crippen LogP contribution in [-0.4, -0.2) is 17.9 Å². The maximum atomic E-state index is 11.9. The summed E-state index contributed by atoms with van der Waals surface area (Å²) >= 11 is 0. The van der Waals surface area contributed by atoms with Crippen LogP contribution in [0, 0.1) is 0 Å². The third kappa shape index (κ3) is 4.20. The Balaban J connectivity index is 2.64. The molecule has 0 aliphatic carbocycles. The molecule has 0 aliphatic rings. The standard InChI is InChI=1S/C14H20N2O2/c1-4-13(12-8-6-5-7-9-12)16-14(18)10(2)15-11(3)17/h5-10,13H,4H2,1-3H3,(H,15,17)(H,16,18). The van der Waals surface area contributed by atoms with Crippen LogP contribution in [0.15, 0.2) is 30.3 Å². The van der Waals surface area contributed by atoms with Gasteiger partial charge in [0.15, 0.2) is 0 Å². The van der Waals surface area contributed by atoms with E-state index < -0.39 is 6.04 Å². The summed E-state index contributed by atoms with van der Waals surface area (Å²) in [7, 11) is 0. The molecule has 2 atom stereocenters. The van der Waals surface area contributed by atoms with Crippen molar-refractivity contribution in [2.75, 3.05) is 0 Å². The Morgan fingerprint density at radius 2 is 1.78 bits per heavy atom. The summed E-state index contributed by atoms with van der Waals surface area (Å²) in [4.78, 5) is 22.8. The minimum Gasteiger partial charge on any atom is -0.348 e. The van der Waals surface area contributed by atoms with E-state index in [2.05, 4.69) is 10.6 Å². The molecular formula is C14H20N2O2.